The van der Waals surface area contributed by atoms with Crippen molar-refractivity contribution in [3.05, 3.63) is 65.7 Å². The molecule has 206 valence electrons. The van der Waals surface area contributed by atoms with Gasteiger partial charge < -0.3 is 15.5 Å². The van der Waals surface area contributed by atoms with Gasteiger partial charge in [-0.2, -0.15) is 4.98 Å². The quantitative estimate of drug-likeness (QED) is 0.322. The Balaban J connectivity index is 1.37. The third-order valence-electron chi connectivity index (χ3n) is 7.17. The minimum atomic E-state index is -3.66. The molecular formula is C28H34FN7O2S. The zero-order chi connectivity index (χ0) is 27.9. The number of benzene rings is 1. The lowest BCUT2D eigenvalue weighted by Crippen LogP contribution is -2.33. The number of likely N-dealkylation sites (tertiary alicyclic amines) is 1. The molecule has 4 aromatic rings. The van der Waals surface area contributed by atoms with Crippen molar-refractivity contribution < 1.29 is 12.8 Å². The fraction of sp³-hybridized carbons (Fsp3) is 0.393. The zero-order valence-electron chi connectivity index (χ0n) is 22.9. The summed E-state index contributed by atoms with van der Waals surface area (Å²) in [5.74, 6) is 1.23. The van der Waals surface area contributed by atoms with Crippen LogP contribution in [0.3, 0.4) is 0 Å². The van der Waals surface area contributed by atoms with E-state index in [1.165, 1.54) is 16.2 Å². The van der Waals surface area contributed by atoms with Crippen molar-refractivity contribution in [2.75, 3.05) is 30.8 Å². The first-order valence-corrected chi connectivity index (χ1v) is 14.5. The Labute approximate surface area is 228 Å². The Morgan fingerprint density at radius 2 is 1.77 bits per heavy atom. The number of nitrogens with zero attached hydrogens (tertiary/aromatic N) is 5. The predicted octanol–water partition coefficient (Wildman–Crippen LogP) is 5.55. The lowest BCUT2D eigenvalue weighted by Gasteiger charge is -2.29. The second kappa shape index (κ2) is 10.2. The van der Waals surface area contributed by atoms with E-state index in [0.29, 0.717) is 34.3 Å². The average Bonchev–Trinajstić information content (AvgIpc) is 3.30. The van der Waals surface area contributed by atoms with E-state index < -0.39 is 14.8 Å². The van der Waals surface area contributed by atoms with E-state index in [9.17, 15) is 12.8 Å². The van der Waals surface area contributed by atoms with Crippen LogP contribution in [0.5, 0.6) is 0 Å². The molecule has 1 aromatic carbocycles. The highest BCUT2D eigenvalue weighted by atomic mass is 32.2. The molecule has 0 unspecified atom stereocenters. The van der Waals surface area contributed by atoms with Crippen LogP contribution in [0.2, 0.25) is 0 Å². The summed E-state index contributed by atoms with van der Waals surface area (Å²) in [5.41, 5.74) is 2.41. The van der Waals surface area contributed by atoms with Crippen LogP contribution in [-0.2, 0) is 10.0 Å². The van der Waals surface area contributed by atoms with Gasteiger partial charge in [-0.25, -0.2) is 26.7 Å². The number of rotatable bonds is 6. The molecule has 39 heavy (non-hydrogen) atoms. The van der Waals surface area contributed by atoms with Gasteiger partial charge in [0.15, 0.2) is 5.65 Å². The molecule has 11 heteroatoms. The first kappa shape index (κ1) is 27.0. The van der Waals surface area contributed by atoms with E-state index in [1.54, 1.807) is 39.1 Å². The summed E-state index contributed by atoms with van der Waals surface area (Å²) >= 11 is 0. The van der Waals surface area contributed by atoms with Crippen LogP contribution in [0.1, 0.15) is 50.7 Å². The average molecular weight is 552 g/mol. The lowest BCUT2D eigenvalue weighted by molar-refractivity contribution is 0.253. The first-order valence-electron chi connectivity index (χ1n) is 13.0. The largest absolute Gasteiger partial charge is 0.324 e. The monoisotopic (exact) mass is 551 g/mol. The minimum Gasteiger partial charge on any atom is -0.324 e. The van der Waals surface area contributed by atoms with E-state index in [4.69, 9.17) is 0 Å². The van der Waals surface area contributed by atoms with Crippen molar-refractivity contribution in [1.29, 1.82) is 0 Å². The molecule has 0 spiro atoms. The summed E-state index contributed by atoms with van der Waals surface area (Å²) in [6.07, 6.45) is 5.08. The molecule has 4 heterocycles. The van der Waals surface area contributed by atoms with Crippen molar-refractivity contribution in [3.8, 4) is 0 Å². The Kier molecular flexibility index (Phi) is 7.06. The van der Waals surface area contributed by atoms with Crippen LogP contribution in [-0.4, -0.2) is 57.1 Å². The van der Waals surface area contributed by atoms with Crippen molar-refractivity contribution in [2.45, 2.75) is 51.2 Å². The maximum atomic E-state index is 15.0. The highest BCUT2D eigenvalue weighted by Crippen LogP contribution is 2.31. The van der Waals surface area contributed by atoms with Crippen molar-refractivity contribution in [2.24, 2.45) is 0 Å². The van der Waals surface area contributed by atoms with Gasteiger partial charge in [-0.15, -0.1) is 0 Å². The number of aryl methyl sites for hydroxylation is 1. The fourth-order valence-electron chi connectivity index (χ4n) is 4.68. The van der Waals surface area contributed by atoms with E-state index >= 15 is 0 Å². The number of halogens is 1. The molecule has 5 rings (SSSR count). The first-order chi connectivity index (χ1) is 18.4. The normalized spacial score (nSPS) is 15.5. The van der Waals surface area contributed by atoms with Crippen LogP contribution >= 0.6 is 0 Å². The van der Waals surface area contributed by atoms with Gasteiger partial charge in [0.1, 0.15) is 17.5 Å². The standard InChI is InChI=1S/C28H34FN7O2S/c1-18-17-30-27(31-21-7-8-22(23(29)16-21)19-10-13-35(5)14-11-19)34-25(18)32-24-9-6-20-12-15-36(26(20)33-24)39(37,38)28(2,3)4/h6-9,12,15-17,19H,10-11,13-14H2,1-5H3,(H2,30,31,32,33,34). The maximum Gasteiger partial charge on any atom is 0.245 e. The molecule has 3 aromatic heterocycles. The molecule has 0 bridgehead atoms. The zero-order valence-corrected chi connectivity index (χ0v) is 23.7. The smallest absolute Gasteiger partial charge is 0.245 e. The van der Waals surface area contributed by atoms with Crippen molar-refractivity contribution in [1.82, 2.24) is 23.8 Å². The summed E-state index contributed by atoms with van der Waals surface area (Å²) in [5, 5.41) is 6.98. The van der Waals surface area contributed by atoms with Crippen molar-refractivity contribution >= 4 is 44.3 Å². The summed E-state index contributed by atoms with van der Waals surface area (Å²) in [4.78, 5) is 15.8. The number of aromatic nitrogens is 4. The Morgan fingerprint density at radius 1 is 1.03 bits per heavy atom. The molecule has 0 aliphatic carbocycles. The Hall–Kier alpha value is -3.57. The van der Waals surface area contributed by atoms with Crippen molar-refractivity contribution in [3.63, 3.8) is 0 Å². The summed E-state index contributed by atoms with van der Waals surface area (Å²) in [6, 6.07) is 10.5. The second-order valence-corrected chi connectivity index (χ2v) is 13.7. The number of pyridine rings is 1. The van der Waals surface area contributed by atoms with Crippen LogP contribution in [0.4, 0.5) is 27.7 Å². The number of piperidine rings is 1. The molecule has 1 fully saturated rings. The van der Waals surface area contributed by atoms with E-state index in [2.05, 4.69) is 37.5 Å². The SMILES string of the molecule is Cc1cnc(Nc2ccc(C3CCN(C)CC3)c(F)c2)nc1Nc1ccc2ccn(S(=O)(=O)C(C)(C)C)c2n1. The third-order valence-corrected chi connectivity index (χ3v) is 9.53. The van der Waals surface area contributed by atoms with E-state index in [1.807, 2.05) is 25.1 Å². The molecule has 1 aliphatic rings. The Bertz CT molecular complexity index is 1620. The van der Waals surface area contributed by atoms with E-state index in [0.717, 1.165) is 37.1 Å². The number of hydrogen-bond donors (Lipinski definition) is 2. The number of anilines is 4. The molecular weight excluding hydrogens is 517 g/mol. The maximum absolute atomic E-state index is 15.0. The molecule has 2 N–H and O–H groups in total. The van der Waals surface area contributed by atoms with Gasteiger partial charge in [-0.1, -0.05) is 6.07 Å². The molecule has 0 amide bonds. The van der Waals surface area contributed by atoms with Crippen LogP contribution < -0.4 is 10.6 Å². The van der Waals surface area contributed by atoms with Crippen LogP contribution in [0.25, 0.3) is 11.0 Å². The summed E-state index contributed by atoms with van der Waals surface area (Å²) < 4.78 is 41.4. The summed E-state index contributed by atoms with van der Waals surface area (Å²) in [7, 11) is -1.57. The molecule has 0 saturated carbocycles. The number of hydrogen-bond acceptors (Lipinski definition) is 8. The number of nitrogens with one attached hydrogen (secondary N) is 2. The highest BCUT2D eigenvalue weighted by molar-refractivity contribution is 7.91. The predicted molar refractivity (Wildman–Crippen MR) is 153 cm³/mol. The van der Waals surface area contributed by atoms with Crippen LogP contribution in [0.15, 0.2) is 48.8 Å². The molecule has 0 radical (unpaired) electrons. The van der Waals surface area contributed by atoms with Gasteiger partial charge in [0.2, 0.25) is 16.0 Å². The molecule has 9 nitrogen and oxygen atoms in total. The van der Waals surface area contributed by atoms with Gasteiger partial charge in [0.05, 0.1) is 4.75 Å². The highest BCUT2D eigenvalue weighted by Gasteiger charge is 2.32. The molecule has 1 aliphatic heterocycles. The van der Waals surface area contributed by atoms with Gasteiger partial charge in [0.25, 0.3) is 0 Å². The van der Waals surface area contributed by atoms with E-state index in [-0.39, 0.29) is 11.7 Å². The third kappa shape index (κ3) is 5.46. The molecule has 0 atom stereocenters. The fourth-order valence-corrected chi connectivity index (χ4v) is 5.86. The molecule has 1 saturated heterocycles. The topological polar surface area (TPSA) is 105 Å². The Morgan fingerprint density at radius 3 is 2.46 bits per heavy atom. The van der Waals surface area contributed by atoms with Gasteiger partial charge >= 0.3 is 0 Å². The van der Waals surface area contributed by atoms with Gasteiger partial charge in [-0.05, 0) is 102 Å². The number of fused-ring (bicyclic) bond motifs is 1. The minimum absolute atomic E-state index is 0.228. The van der Waals surface area contributed by atoms with Gasteiger partial charge in [-0.3, -0.25) is 0 Å². The summed E-state index contributed by atoms with van der Waals surface area (Å²) in [6.45, 7) is 8.76. The van der Waals surface area contributed by atoms with Crippen LogP contribution in [0, 0.1) is 12.7 Å². The lowest BCUT2D eigenvalue weighted by atomic mass is 9.89. The van der Waals surface area contributed by atoms with Gasteiger partial charge in [0, 0.05) is 29.0 Å². The second-order valence-electron chi connectivity index (χ2n) is 11.1.